The molecular formula is C35H44N3O2+. The van der Waals surface area contributed by atoms with E-state index in [4.69, 9.17) is 4.74 Å². The van der Waals surface area contributed by atoms with Gasteiger partial charge in [0.05, 0.1) is 25.6 Å². The van der Waals surface area contributed by atoms with Crippen molar-refractivity contribution in [1.29, 1.82) is 0 Å². The first-order valence-electron chi connectivity index (χ1n) is 15.1. The van der Waals surface area contributed by atoms with Gasteiger partial charge >= 0.3 is 0 Å². The van der Waals surface area contributed by atoms with Crippen LogP contribution in [0.4, 0.5) is 5.69 Å². The van der Waals surface area contributed by atoms with E-state index in [-0.39, 0.29) is 5.91 Å². The van der Waals surface area contributed by atoms with E-state index in [0.29, 0.717) is 13.0 Å². The van der Waals surface area contributed by atoms with Crippen LogP contribution in [0.2, 0.25) is 0 Å². The fourth-order valence-corrected chi connectivity index (χ4v) is 5.12. The van der Waals surface area contributed by atoms with Gasteiger partial charge in [-0.25, -0.2) is 4.90 Å². The van der Waals surface area contributed by atoms with Crippen LogP contribution in [0.5, 0.6) is 5.75 Å². The van der Waals surface area contributed by atoms with Gasteiger partial charge in [0.2, 0.25) is 17.4 Å². The molecule has 2 aromatic carbocycles. The van der Waals surface area contributed by atoms with Crippen LogP contribution in [0.1, 0.15) is 89.2 Å². The molecule has 2 aromatic rings. The molecule has 1 amide bonds. The fourth-order valence-electron chi connectivity index (χ4n) is 5.12. The Morgan fingerprint density at radius 2 is 1.62 bits per heavy atom. The zero-order chi connectivity index (χ0) is 28.0. The first kappa shape index (κ1) is 29.3. The molecule has 40 heavy (non-hydrogen) atoms. The molecule has 0 bridgehead atoms. The third-order valence-electron chi connectivity index (χ3n) is 7.43. The molecule has 0 saturated heterocycles. The number of allylic oxidation sites excluding steroid dienone is 3. The molecular weight excluding hydrogens is 494 g/mol. The summed E-state index contributed by atoms with van der Waals surface area (Å²) in [6.07, 6.45) is 24.9. The highest BCUT2D eigenvalue weighted by Crippen LogP contribution is 2.24. The van der Waals surface area contributed by atoms with Crippen LogP contribution >= 0.6 is 0 Å². The minimum Gasteiger partial charge on any atom is -0.494 e. The number of fused-ring (bicyclic) bond motifs is 1. The average molecular weight is 539 g/mol. The monoisotopic (exact) mass is 538 g/mol. The summed E-state index contributed by atoms with van der Waals surface area (Å²) in [5.41, 5.74) is 4.04. The molecule has 0 spiro atoms. The lowest BCUT2D eigenvalue weighted by atomic mass is 10.1. The lowest BCUT2D eigenvalue weighted by molar-refractivity contribution is -0.116. The number of carbonyl (C=O) groups is 1. The van der Waals surface area contributed by atoms with Crippen molar-refractivity contribution in [2.24, 2.45) is 4.99 Å². The van der Waals surface area contributed by atoms with Gasteiger partial charge in [0.15, 0.2) is 6.20 Å². The quantitative estimate of drug-likeness (QED) is 0.150. The summed E-state index contributed by atoms with van der Waals surface area (Å²) in [4.78, 5) is 20.9. The molecule has 2 aliphatic rings. The number of carbonyl (C=O) groups excluding carboxylic acids is 1. The number of ether oxygens (including phenoxy) is 1. The molecule has 0 aromatic heterocycles. The minimum absolute atomic E-state index is 0.0123. The predicted molar refractivity (Wildman–Crippen MR) is 165 cm³/mol. The van der Waals surface area contributed by atoms with Gasteiger partial charge < -0.3 is 9.64 Å². The average Bonchev–Trinajstić information content (AvgIpc) is 3.38. The van der Waals surface area contributed by atoms with Crippen LogP contribution in [-0.2, 0) is 17.8 Å². The van der Waals surface area contributed by atoms with Crippen LogP contribution in [0, 0.1) is 6.20 Å². The molecule has 0 atom stereocenters. The van der Waals surface area contributed by atoms with Crippen molar-refractivity contribution < 1.29 is 9.53 Å². The number of amides is 1. The molecule has 0 fully saturated rings. The molecule has 2 aliphatic heterocycles. The van der Waals surface area contributed by atoms with Crippen molar-refractivity contribution in [2.45, 2.75) is 91.0 Å². The maximum atomic E-state index is 12.6. The van der Waals surface area contributed by atoms with Crippen molar-refractivity contribution in [1.82, 2.24) is 4.90 Å². The van der Waals surface area contributed by atoms with Crippen LogP contribution < -0.4 is 9.64 Å². The van der Waals surface area contributed by atoms with E-state index in [2.05, 4.69) is 47.3 Å². The maximum Gasteiger partial charge on any atom is 0.247 e. The summed E-state index contributed by atoms with van der Waals surface area (Å²) < 4.78 is 6.05. The number of amidine groups is 1. The van der Waals surface area contributed by atoms with Crippen molar-refractivity contribution in [2.75, 3.05) is 11.5 Å². The second-order valence-electron chi connectivity index (χ2n) is 10.7. The number of rotatable bonds is 17. The van der Waals surface area contributed by atoms with Gasteiger partial charge in [0, 0.05) is 18.8 Å². The van der Waals surface area contributed by atoms with Crippen LogP contribution in [-0.4, -0.2) is 23.2 Å². The lowest BCUT2D eigenvalue weighted by Gasteiger charge is -2.22. The summed E-state index contributed by atoms with van der Waals surface area (Å²) >= 11 is 0. The number of anilines is 1. The number of hydrogen-bond acceptors (Lipinski definition) is 4. The van der Waals surface area contributed by atoms with Crippen LogP contribution in [0.3, 0.4) is 0 Å². The predicted octanol–water partition coefficient (Wildman–Crippen LogP) is 8.52. The number of benzene rings is 2. The molecule has 5 heteroatoms. The first-order valence-corrected chi connectivity index (χ1v) is 15.1. The normalized spacial score (nSPS) is 13.5. The molecule has 0 saturated carbocycles. The smallest absolute Gasteiger partial charge is 0.247 e. The Morgan fingerprint density at radius 3 is 2.35 bits per heavy atom. The Balaban J connectivity index is 1.21. The van der Waals surface area contributed by atoms with E-state index in [1.165, 1.54) is 57.8 Å². The number of hydrogen-bond donors (Lipinski definition) is 0. The molecule has 210 valence electrons. The molecule has 2 heterocycles. The zero-order valence-corrected chi connectivity index (χ0v) is 24.3. The van der Waals surface area contributed by atoms with Gasteiger partial charge in [-0.3, -0.25) is 4.79 Å². The van der Waals surface area contributed by atoms with E-state index in [1.807, 2.05) is 53.6 Å². The summed E-state index contributed by atoms with van der Waals surface area (Å²) in [6, 6.07) is 16.3. The van der Waals surface area contributed by atoms with E-state index < -0.39 is 0 Å². The third kappa shape index (κ3) is 8.93. The number of unbranched alkanes of at least 4 members (excludes halogenated alkanes) is 9. The standard InChI is InChI=1S/C35H44N3O2/c1-3-4-5-6-7-8-9-10-11-14-24-40-34-18-15-16-31(25-34)28-38(29(2)39)32-21-19-30(20-22-32)26-35-36-27-33-17-12-13-23-37(33)35/h12-13,15-23,25H,3-11,14,24,26,28H2,1-2H3/q+1. The number of nitrogens with zero attached hydrogens (tertiary/aromatic N) is 3. The Morgan fingerprint density at radius 1 is 0.900 bits per heavy atom. The van der Waals surface area contributed by atoms with Crippen LogP contribution in [0.25, 0.3) is 0 Å². The second-order valence-corrected chi connectivity index (χ2v) is 10.7. The van der Waals surface area contributed by atoms with Crippen molar-refractivity contribution >= 4 is 17.4 Å². The van der Waals surface area contributed by atoms with E-state index in [9.17, 15) is 4.79 Å². The van der Waals surface area contributed by atoms with Gasteiger partial charge in [0.1, 0.15) is 5.75 Å². The van der Waals surface area contributed by atoms with Crippen molar-refractivity contribution in [3.8, 4) is 5.75 Å². The minimum atomic E-state index is 0.0123. The largest absolute Gasteiger partial charge is 0.494 e. The first-order chi connectivity index (χ1) is 19.6. The fraction of sp³-hybridized carbons (Fsp3) is 0.429. The summed E-state index contributed by atoms with van der Waals surface area (Å²) in [7, 11) is 0. The highest BCUT2D eigenvalue weighted by Gasteiger charge is 2.28. The summed E-state index contributed by atoms with van der Waals surface area (Å²) in [5.74, 6) is 1.83. The van der Waals surface area contributed by atoms with Crippen molar-refractivity contribution in [3.05, 3.63) is 96.0 Å². The Bertz CT molecular complexity index is 1210. The second kappa shape index (κ2) is 15.8. The Labute approximate surface area is 240 Å². The SMILES string of the molecule is CCCCCCCCCCCCOc1cccc(CN(C(C)=O)c2ccc(CC3=N[C+]=C4C=CC=CN43)cc2)c1. The Hall–Kier alpha value is -3.69. The summed E-state index contributed by atoms with van der Waals surface area (Å²) in [6.45, 7) is 5.13. The van der Waals surface area contributed by atoms with E-state index >= 15 is 0 Å². The van der Waals surface area contributed by atoms with Crippen molar-refractivity contribution in [3.63, 3.8) is 0 Å². The van der Waals surface area contributed by atoms with Gasteiger partial charge in [0.25, 0.3) is 0 Å². The van der Waals surface area contributed by atoms with Gasteiger partial charge in [-0.2, -0.15) is 0 Å². The van der Waals surface area contributed by atoms with Gasteiger partial charge in [-0.05, 0) is 54.0 Å². The maximum absolute atomic E-state index is 12.6. The van der Waals surface area contributed by atoms with Crippen LogP contribution in [0.15, 0.2) is 83.6 Å². The molecule has 0 N–H and O–H groups in total. The van der Waals surface area contributed by atoms with E-state index in [1.54, 1.807) is 6.92 Å². The van der Waals surface area contributed by atoms with E-state index in [0.717, 1.165) is 47.1 Å². The van der Waals surface area contributed by atoms with Gasteiger partial charge in [-0.15, -0.1) is 0 Å². The highest BCUT2D eigenvalue weighted by atomic mass is 16.5. The topological polar surface area (TPSA) is 45.1 Å². The molecule has 0 radical (unpaired) electrons. The number of aliphatic imine (C=N–C) groups is 1. The third-order valence-corrected chi connectivity index (χ3v) is 7.43. The highest BCUT2D eigenvalue weighted by molar-refractivity contribution is 5.92. The molecule has 0 unspecified atom stereocenters. The van der Waals surface area contributed by atoms with Gasteiger partial charge in [-0.1, -0.05) is 94.0 Å². The molecule has 4 rings (SSSR count). The Kier molecular flexibility index (Phi) is 11.6. The lowest BCUT2D eigenvalue weighted by Crippen LogP contribution is -2.28. The molecule has 0 aliphatic carbocycles. The summed E-state index contributed by atoms with van der Waals surface area (Å²) in [5, 5.41) is 0. The zero-order valence-electron chi connectivity index (χ0n) is 24.3. The molecule has 5 nitrogen and oxygen atoms in total.